The summed E-state index contributed by atoms with van der Waals surface area (Å²) in [5, 5.41) is 7.43. The van der Waals surface area contributed by atoms with Crippen molar-refractivity contribution in [3.63, 3.8) is 0 Å². The minimum Gasteiger partial charge on any atom is -0.316 e. The summed E-state index contributed by atoms with van der Waals surface area (Å²) in [5.41, 5.74) is 3.45. The third kappa shape index (κ3) is 3.04. The van der Waals surface area contributed by atoms with Gasteiger partial charge in [-0.3, -0.25) is 4.68 Å². The lowest BCUT2D eigenvalue weighted by Gasteiger charge is -2.04. The lowest BCUT2D eigenvalue weighted by Crippen LogP contribution is -2.13. The van der Waals surface area contributed by atoms with E-state index in [-0.39, 0.29) is 0 Å². The molecule has 0 aliphatic heterocycles. The van der Waals surface area contributed by atoms with E-state index in [1.807, 2.05) is 36.1 Å². The van der Waals surface area contributed by atoms with Gasteiger partial charge in [0, 0.05) is 18.3 Å². The van der Waals surface area contributed by atoms with Crippen LogP contribution in [0, 0.1) is 0 Å². The van der Waals surface area contributed by atoms with Gasteiger partial charge in [-0.05, 0) is 18.2 Å². The van der Waals surface area contributed by atoms with E-state index in [0.29, 0.717) is 0 Å². The molecule has 0 spiro atoms. The largest absolute Gasteiger partial charge is 0.316 e. The quantitative estimate of drug-likeness (QED) is 0.794. The maximum Gasteiger partial charge on any atom is 0.0629 e. The van der Waals surface area contributed by atoms with Crippen molar-refractivity contribution in [3.8, 4) is 11.1 Å². The van der Waals surface area contributed by atoms with Crippen LogP contribution in [-0.2, 0) is 6.54 Å². The highest BCUT2D eigenvalue weighted by molar-refractivity contribution is 5.61. The fourth-order valence-corrected chi connectivity index (χ4v) is 1.76. The van der Waals surface area contributed by atoms with Gasteiger partial charge in [0.2, 0.25) is 0 Å². The Kier molecular flexibility index (Phi) is 3.73. The van der Waals surface area contributed by atoms with E-state index in [4.69, 9.17) is 0 Å². The first kappa shape index (κ1) is 11.6. The van der Waals surface area contributed by atoms with Gasteiger partial charge in [-0.15, -0.1) is 0 Å². The molecule has 0 saturated carbocycles. The highest BCUT2D eigenvalue weighted by atomic mass is 15.3. The minimum absolute atomic E-state index is 0.758. The lowest BCUT2D eigenvalue weighted by molar-refractivity contribution is 0.656. The Morgan fingerprint density at radius 2 is 2.06 bits per heavy atom. The summed E-state index contributed by atoms with van der Waals surface area (Å²) in [6.07, 6.45) is 3.94. The predicted octanol–water partition coefficient (Wildman–Crippen LogP) is 2.33. The molecule has 88 valence electrons. The molecule has 0 fully saturated rings. The van der Waals surface area contributed by atoms with Crippen molar-refractivity contribution in [2.75, 3.05) is 13.6 Å². The Morgan fingerprint density at radius 3 is 2.76 bits per heavy atom. The second-order valence-corrected chi connectivity index (χ2v) is 4.07. The maximum atomic E-state index is 4.34. The van der Waals surface area contributed by atoms with Crippen LogP contribution in [0.3, 0.4) is 0 Å². The summed E-state index contributed by atoms with van der Waals surface area (Å²) in [6.45, 7) is 5.58. The molecule has 1 aromatic carbocycles. The summed E-state index contributed by atoms with van der Waals surface area (Å²) >= 11 is 0. The number of benzene rings is 1. The van der Waals surface area contributed by atoms with E-state index in [1.165, 1.54) is 5.56 Å². The summed E-state index contributed by atoms with van der Waals surface area (Å²) in [7, 11) is 1.92. The summed E-state index contributed by atoms with van der Waals surface area (Å²) in [5.74, 6) is 0. The highest BCUT2D eigenvalue weighted by Crippen LogP contribution is 2.17. The first-order valence-corrected chi connectivity index (χ1v) is 5.68. The second-order valence-electron chi connectivity index (χ2n) is 4.07. The molecule has 2 rings (SSSR count). The van der Waals surface area contributed by atoms with Crippen LogP contribution < -0.4 is 5.32 Å². The Bertz CT molecular complexity index is 485. The van der Waals surface area contributed by atoms with Crippen LogP contribution in [0.25, 0.3) is 11.1 Å². The van der Waals surface area contributed by atoms with Gasteiger partial charge in [-0.2, -0.15) is 5.10 Å². The van der Waals surface area contributed by atoms with Crippen molar-refractivity contribution in [2.45, 2.75) is 6.54 Å². The van der Waals surface area contributed by atoms with Crippen molar-refractivity contribution in [1.29, 1.82) is 0 Å². The number of likely N-dealkylation sites (N-methyl/N-ethyl adjacent to an activating group) is 1. The van der Waals surface area contributed by atoms with Crippen LogP contribution in [0.1, 0.15) is 0 Å². The van der Waals surface area contributed by atoms with Gasteiger partial charge in [0.25, 0.3) is 0 Å². The van der Waals surface area contributed by atoms with Crippen molar-refractivity contribution in [1.82, 2.24) is 15.1 Å². The Balaban J connectivity index is 2.09. The topological polar surface area (TPSA) is 29.9 Å². The normalized spacial score (nSPS) is 10.4. The second kappa shape index (κ2) is 5.46. The zero-order valence-corrected chi connectivity index (χ0v) is 10.1. The van der Waals surface area contributed by atoms with Gasteiger partial charge in [0.1, 0.15) is 0 Å². The molecule has 17 heavy (non-hydrogen) atoms. The first-order chi connectivity index (χ1) is 8.29. The van der Waals surface area contributed by atoms with E-state index in [9.17, 15) is 0 Å². The summed E-state index contributed by atoms with van der Waals surface area (Å²) in [6, 6.07) is 10.3. The van der Waals surface area contributed by atoms with Crippen LogP contribution in [-0.4, -0.2) is 23.4 Å². The van der Waals surface area contributed by atoms with Crippen LogP contribution in [0.4, 0.5) is 0 Å². The van der Waals surface area contributed by atoms with Crippen molar-refractivity contribution in [2.24, 2.45) is 0 Å². The number of hydrogen-bond acceptors (Lipinski definition) is 2. The Morgan fingerprint density at radius 1 is 1.29 bits per heavy atom. The molecule has 0 radical (unpaired) electrons. The molecule has 2 aromatic rings. The van der Waals surface area contributed by atoms with E-state index in [1.54, 1.807) is 0 Å². The molecule has 0 aliphatic carbocycles. The van der Waals surface area contributed by atoms with Gasteiger partial charge in [-0.1, -0.05) is 36.9 Å². The standard InChI is InChI=1S/C14H17N3/c1-12(8-15-2)10-17-11-14(9-16-17)13-6-4-3-5-7-13/h3-7,9,11,15H,1,8,10H2,2H3. The first-order valence-electron chi connectivity index (χ1n) is 5.68. The molecular weight excluding hydrogens is 210 g/mol. The fraction of sp³-hybridized carbons (Fsp3) is 0.214. The molecule has 3 heteroatoms. The molecule has 0 unspecified atom stereocenters. The van der Waals surface area contributed by atoms with E-state index >= 15 is 0 Å². The molecule has 0 bridgehead atoms. The third-order valence-electron chi connectivity index (χ3n) is 2.55. The van der Waals surface area contributed by atoms with Gasteiger partial charge >= 0.3 is 0 Å². The van der Waals surface area contributed by atoms with E-state index < -0.39 is 0 Å². The number of aromatic nitrogens is 2. The zero-order chi connectivity index (χ0) is 12.1. The molecule has 0 amide bonds. The molecule has 1 N–H and O–H groups in total. The van der Waals surface area contributed by atoms with Crippen LogP contribution in [0.2, 0.25) is 0 Å². The van der Waals surface area contributed by atoms with Crippen LogP contribution in [0.15, 0.2) is 54.9 Å². The van der Waals surface area contributed by atoms with Crippen molar-refractivity contribution >= 4 is 0 Å². The molecule has 0 atom stereocenters. The number of nitrogens with one attached hydrogen (secondary N) is 1. The average molecular weight is 227 g/mol. The lowest BCUT2D eigenvalue weighted by atomic mass is 10.1. The van der Waals surface area contributed by atoms with Crippen molar-refractivity contribution < 1.29 is 0 Å². The summed E-state index contributed by atoms with van der Waals surface area (Å²) < 4.78 is 1.92. The molecule has 1 aromatic heterocycles. The monoisotopic (exact) mass is 227 g/mol. The maximum absolute atomic E-state index is 4.34. The predicted molar refractivity (Wildman–Crippen MR) is 70.7 cm³/mol. The average Bonchev–Trinajstić information content (AvgIpc) is 2.79. The SMILES string of the molecule is C=C(CNC)Cn1cc(-c2ccccc2)cn1. The van der Waals surface area contributed by atoms with E-state index in [0.717, 1.165) is 24.2 Å². The molecule has 3 nitrogen and oxygen atoms in total. The number of nitrogens with zero attached hydrogens (tertiary/aromatic N) is 2. The zero-order valence-electron chi connectivity index (χ0n) is 10.1. The van der Waals surface area contributed by atoms with Gasteiger partial charge in [0.05, 0.1) is 12.7 Å². The smallest absolute Gasteiger partial charge is 0.0629 e. The number of rotatable bonds is 5. The molecule has 0 aliphatic rings. The molecule has 0 saturated heterocycles. The van der Waals surface area contributed by atoms with Gasteiger partial charge < -0.3 is 5.32 Å². The van der Waals surface area contributed by atoms with Gasteiger partial charge in [-0.25, -0.2) is 0 Å². The van der Waals surface area contributed by atoms with Crippen LogP contribution >= 0.6 is 0 Å². The fourth-order valence-electron chi connectivity index (χ4n) is 1.76. The third-order valence-corrected chi connectivity index (χ3v) is 2.55. The minimum atomic E-state index is 0.758. The van der Waals surface area contributed by atoms with E-state index in [2.05, 4.69) is 35.3 Å². The number of hydrogen-bond donors (Lipinski definition) is 1. The van der Waals surface area contributed by atoms with Crippen LogP contribution in [0.5, 0.6) is 0 Å². The molecule has 1 heterocycles. The molecular formula is C14H17N3. The van der Waals surface area contributed by atoms with Gasteiger partial charge in [0.15, 0.2) is 0 Å². The van der Waals surface area contributed by atoms with Crippen molar-refractivity contribution in [3.05, 3.63) is 54.9 Å². The highest BCUT2D eigenvalue weighted by Gasteiger charge is 2.01. The summed E-state index contributed by atoms with van der Waals surface area (Å²) in [4.78, 5) is 0. The Labute approximate surface area is 102 Å². The Hall–Kier alpha value is -1.87.